The van der Waals surface area contributed by atoms with E-state index in [1.807, 2.05) is 30.3 Å². The molecule has 30 heavy (non-hydrogen) atoms. The zero-order valence-electron chi connectivity index (χ0n) is 15.6. The van der Waals surface area contributed by atoms with Crippen molar-refractivity contribution in [2.75, 3.05) is 0 Å². The van der Waals surface area contributed by atoms with Gasteiger partial charge in [0, 0.05) is 0 Å². The number of ether oxygens (including phenoxy) is 1. The standard InChI is InChI=1S/C23H16I2N2O3/c24-19-11-15(13-26-27-23(28)21-9-4-10-29-21)12-20(25)22(19)30-14-17-7-3-6-16-5-1-2-8-18(16)17/h1-13H,14H2,(H,27,28)/b26-13+. The minimum atomic E-state index is -0.393. The molecular weight excluding hydrogens is 606 g/mol. The van der Waals surface area contributed by atoms with Crippen molar-refractivity contribution in [3.05, 3.63) is 97.0 Å². The van der Waals surface area contributed by atoms with Crippen molar-refractivity contribution in [3.8, 4) is 5.75 Å². The number of nitrogens with one attached hydrogen (secondary N) is 1. The quantitative estimate of drug-likeness (QED) is 0.164. The average Bonchev–Trinajstić information content (AvgIpc) is 3.28. The Bertz CT molecular complexity index is 1190. The van der Waals surface area contributed by atoms with Gasteiger partial charge in [0.2, 0.25) is 0 Å². The van der Waals surface area contributed by atoms with Crippen molar-refractivity contribution in [2.45, 2.75) is 6.61 Å². The lowest BCUT2D eigenvalue weighted by Crippen LogP contribution is -2.16. The number of halogens is 2. The number of hydrazone groups is 1. The monoisotopic (exact) mass is 622 g/mol. The Kier molecular flexibility index (Phi) is 6.68. The molecule has 7 heteroatoms. The van der Waals surface area contributed by atoms with Gasteiger partial charge in [-0.15, -0.1) is 0 Å². The second kappa shape index (κ2) is 9.61. The largest absolute Gasteiger partial charge is 0.487 e. The molecule has 0 radical (unpaired) electrons. The summed E-state index contributed by atoms with van der Waals surface area (Å²) >= 11 is 4.50. The molecule has 5 nitrogen and oxygen atoms in total. The van der Waals surface area contributed by atoms with Gasteiger partial charge in [0.25, 0.3) is 0 Å². The molecule has 0 aliphatic rings. The molecule has 0 unspecified atom stereocenters. The minimum Gasteiger partial charge on any atom is -0.487 e. The molecule has 0 saturated heterocycles. The molecule has 0 atom stereocenters. The molecule has 1 N–H and O–H groups in total. The van der Waals surface area contributed by atoms with Crippen molar-refractivity contribution in [1.82, 2.24) is 5.43 Å². The Hall–Kier alpha value is -2.40. The molecule has 0 spiro atoms. The number of hydrogen-bond donors (Lipinski definition) is 1. The third-order valence-corrected chi connectivity index (χ3v) is 6.00. The first kappa shape index (κ1) is 20.9. The van der Waals surface area contributed by atoms with Crippen molar-refractivity contribution >= 4 is 68.1 Å². The zero-order chi connectivity index (χ0) is 20.9. The van der Waals surface area contributed by atoms with E-state index in [4.69, 9.17) is 9.15 Å². The fourth-order valence-corrected chi connectivity index (χ4v) is 5.12. The van der Waals surface area contributed by atoms with Crippen LogP contribution in [0.5, 0.6) is 5.75 Å². The number of benzene rings is 3. The van der Waals surface area contributed by atoms with Crippen LogP contribution >= 0.6 is 45.2 Å². The Morgan fingerprint density at radius 1 is 1.03 bits per heavy atom. The predicted molar refractivity (Wildman–Crippen MR) is 134 cm³/mol. The lowest BCUT2D eigenvalue weighted by Gasteiger charge is -2.13. The first-order chi connectivity index (χ1) is 14.6. The average molecular weight is 622 g/mol. The fourth-order valence-electron chi connectivity index (χ4n) is 2.99. The maximum atomic E-state index is 11.9. The number of hydrogen-bond acceptors (Lipinski definition) is 4. The van der Waals surface area contributed by atoms with Gasteiger partial charge in [-0.2, -0.15) is 5.10 Å². The molecular formula is C23H16I2N2O3. The van der Waals surface area contributed by atoms with Gasteiger partial charge in [-0.1, -0.05) is 42.5 Å². The normalized spacial score (nSPS) is 11.1. The number of nitrogens with zero attached hydrogens (tertiary/aromatic N) is 1. The zero-order valence-corrected chi connectivity index (χ0v) is 20.0. The van der Waals surface area contributed by atoms with Gasteiger partial charge in [-0.3, -0.25) is 4.79 Å². The van der Waals surface area contributed by atoms with E-state index in [1.54, 1.807) is 18.3 Å². The van der Waals surface area contributed by atoms with E-state index in [2.05, 4.69) is 80.0 Å². The van der Waals surface area contributed by atoms with Gasteiger partial charge in [-0.25, -0.2) is 5.43 Å². The third-order valence-electron chi connectivity index (χ3n) is 4.40. The van der Waals surface area contributed by atoms with E-state index < -0.39 is 5.91 Å². The first-order valence-electron chi connectivity index (χ1n) is 9.07. The maximum Gasteiger partial charge on any atom is 0.307 e. The summed E-state index contributed by atoms with van der Waals surface area (Å²) in [5, 5.41) is 6.40. The number of carbonyl (C=O) groups excluding carboxylic acids is 1. The van der Waals surface area contributed by atoms with Crippen LogP contribution in [0.4, 0.5) is 0 Å². The highest BCUT2D eigenvalue weighted by atomic mass is 127. The van der Waals surface area contributed by atoms with Gasteiger partial charge >= 0.3 is 5.91 Å². The number of rotatable bonds is 6. The smallest absolute Gasteiger partial charge is 0.307 e. The second-order valence-corrected chi connectivity index (χ2v) is 8.74. The number of furan rings is 1. The molecule has 1 aromatic heterocycles. The molecule has 0 aliphatic carbocycles. The molecule has 3 aromatic carbocycles. The summed E-state index contributed by atoms with van der Waals surface area (Å²) in [6.07, 6.45) is 3.04. The SMILES string of the molecule is O=C(N/N=C/c1cc(I)c(OCc2cccc3ccccc23)c(I)c1)c1ccco1. The van der Waals surface area contributed by atoms with E-state index in [1.165, 1.54) is 17.0 Å². The molecule has 4 aromatic rings. The molecule has 150 valence electrons. The summed E-state index contributed by atoms with van der Waals surface area (Å²) in [6.45, 7) is 0.486. The van der Waals surface area contributed by atoms with Gasteiger partial charge in [0.15, 0.2) is 5.76 Å². The molecule has 0 aliphatic heterocycles. The van der Waals surface area contributed by atoms with E-state index in [-0.39, 0.29) is 5.76 Å². The molecule has 0 fully saturated rings. The number of fused-ring (bicyclic) bond motifs is 1. The molecule has 0 saturated carbocycles. The molecule has 1 amide bonds. The minimum absolute atomic E-state index is 0.216. The van der Waals surface area contributed by atoms with Crippen LogP contribution in [0.1, 0.15) is 21.7 Å². The molecule has 4 rings (SSSR count). The van der Waals surface area contributed by atoms with Crippen LogP contribution in [0.15, 0.2) is 82.5 Å². The number of amides is 1. The Morgan fingerprint density at radius 2 is 1.80 bits per heavy atom. The summed E-state index contributed by atoms with van der Waals surface area (Å²) in [4.78, 5) is 11.9. The van der Waals surface area contributed by atoms with Crippen LogP contribution in [-0.4, -0.2) is 12.1 Å². The molecule has 0 bridgehead atoms. The van der Waals surface area contributed by atoms with Crippen molar-refractivity contribution in [2.24, 2.45) is 5.10 Å². The molecule has 1 heterocycles. The Balaban J connectivity index is 1.46. The van der Waals surface area contributed by atoms with Crippen LogP contribution in [0, 0.1) is 7.14 Å². The van der Waals surface area contributed by atoms with Crippen LogP contribution in [0.3, 0.4) is 0 Å². The highest BCUT2D eigenvalue weighted by Gasteiger charge is 2.10. The number of carbonyl (C=O) groups is 1. The van der Waals surface area contributed by atoms with E-state index >= 15 is 0 Å². The lowest BCUT2D eigenvalue weighted by atomic mass is 10.1. The lowest BCUT2D eigenvalue weighted by molar-refractivity contribution is 0.0927. The van der Waals surface area contributed by atoms with E-state index in [0.717, 1.165) is 24.0 Å². The summed E-state index contributed by atoms with van der Waals surface area (Å²) in [5.74, 6) is 0.657. The van der Waals surface area contributed by atoms with Crippen LogP contribution < -0.4 is 10.2 Å². The van der Waals surface area contributed by atoms with Crippen LogP contribution in [0.25, 0.3) is 10.8 Å². The Labute approximate surface area is 200 Å². The van der Waals surface area contributed by atoms with Gasteiger partial charge < -0.3 is 9.15 Å². The van der Waals surface area contributed by atoms with E-state index in [0.29, 0.717) is 6.61 Å². The topological polar surface area (TPSA) is 63.8 Å². The van der Waals surface area contributed by atoms with Gasteiger partial charge in [-0.05, 0) is 91.3 Å². The van der Waals surface area contributed by atoms with Gasteiger partial charge in [0.05, 0.1) is 19.6 Å². The second-order valence-electron chi connectivity index (χ2n) is 6.42. The van der Waals surface area contributed by atoms with Crippen LogP contribution in [-0.2, 0) is 6.61 Å². The van der Waals surface area contributed by atoms with E-state index in [9.17, 15) is 4.79 Å². The van der Waals surface area contributed by atoms with Gasteiger partial charge in [0.1, 0.15) is 12.4 Å². The Morgan fingerprint density at radius 3 is 2.57 bits per heavy atom. The highest BCUT2D eigenvalue weighted by Crippen LogP contribution is 2.30. The maximum absolute atomic E-state index is 11.9. The first-order valence-corrected chi connectivity index (χ1v) is 11.2. The summed E-state index contributed by atoms with van der Waals surface area (Å²) < 4.78 is 13.1. The fraction of sp³-hybridized carbons (Fsp3) is 0.0435. The third kappa shape index (κ3) is 4.84. The van der Waals surface area contributed by atoms with Crippen LogP contribution in [0.2, 0.25) is 0 Å². The predicted octanol–water partition coefficient (Wildman–Crippen LogP) is 5.98. The summed E-state index contributed by atoms with van der Waals surface area (Å²) in [6, 6.07) is 21.7. The highest BCUT2D eigenvalue weighted by molar-refractivity contribution is 14.1. The van der Waals surface area contributed by atoms with Crippen molar-refractivity contribution < 1.29 is 13.9 Å². The summed E-state index contributed by atoms with van der Waals surface area (Å²) in [7, 11) is 0. The van der Waals surface area contributed by atoms with Crippen molar-refractivity contribution in [3.63, 3.8) is 0 Å². The van der Waals surface area contributed by atoms with Crippen molar-refractivity contribution in [1.29, 1.82) is 0 Å². The summed E-state index contributed by atoms with van der Waals surface area (Å²) in [5.41, 5.74) is 4.46.